The molecular formula is C16H14N2O3S3. The molecule has 0 spiro atoms. The fourth-order valence-corrected chi connectivity index (χ4v) is 5.45. The minimum Gasteiger partial charge on any atom is -0.497 e. The molecular weight excluding hydrogens is 364 g/mol. The van der Waals surface area contributed by atoms with Gasteiger partial charge in [-0.05, 0) is 29.8 Å². The first-order valence-corrected chi connectivity index (χ1v) is 10.3. The Morgan fingerprint density at radius 3 is 2.42 bits per heavy atom. The molecule has 0 unspecified atom stereocenters. The van der Waals surface area contributed by atoms with Crippen LogP contribution in [0.3, 0.4) is 0 Å². The maximum Gasteiger partial charge on any atom is 0.238 e. The minimum atomic E-state index is -3.65. The van der Waals surface area contributed by atoms with Crippen molar-refractivity contribution >= 4 is 32.9 Å². The van der Waals surface area contributed by atoms with Gasteiger partial charge in [0, 0.05) is 5.75 Å². The SMILES string of the molecule is COc1ccc(S(=O)(=O)c2nnc(SCc3ccccc3)s2)cc1. The smallest absolute Gasteiger partial charge is 0.238 e. The average Bonchev–Trinajstić information content (AvgIpc) is 3.11. The molecule has 2 aromatic carbocycles. The van der Waals surface area contributed by atoms with Gasteiger partial charge in [-0.2, -0.15) is 0 Å². The summed E-state index contributed by atoms with van der Waals surface area (Å²) in [6, 6.07) is 16.2. The maximum absolute atomic E-state index is 12.6. The van der Waals surface area contributed by atoms with E-state index in [9.17, 15) is 8.42 Å². The van der Waals surface area contributed by atoms with Gasteiger partial charge in [0.05, 0.1) is 12.0 Å². The number of hydrogen-bond donors (Lipinski definition) is 0. The summed E-state index contributed by atoms with van der Waals surface area (Å²) in [6.45, 7) is 0. The van der Waals surface area contributed by atoms with E-state index in [2.05, 4.69) is 10.2 Å². The standard InChI is InChI=1S/C16H14N2O3S3/c1-21-13-7-9-14(10-8-13)24(19,20)16-18-17-15(23-16)22-11-12-5-3-2-4-6-12/h2-10H,11H2,1H3. The van der Waals surface area contributed by atoms with Gasteiger partial charge in [-0.1, -0.05) is 53.4 Å². The van der Waals surface area contributed by atoms with Gasteiger partial charge >= 0.3 is 0 Å². The second kappa shape index (κ2) is 7.33. The second-order valence-electron chi connectivity index (χ2n) is 4.79. The van der Waals surface area contributed by atoms with Crippen molar-refractivity contribution < 1.29 is 13.2 Å². The zero-order valence-electron chi connectivity index (χ0n) is 12.7. The molecule has 0 aliphatic heterocycles. The number of ether oxygens (including phenoxy) is 1. The second-order valence-corrected chi connectivity index (χ2v) is 9.11. The van der Waals surface area contributed by atoms with Crippen LogP contribution in [0.1, 0.15) is 5.56 Å². The van der Waals surface area contributed by atoms with E-state index in [1.807, 2.05) is 30.3 Å². The quantitative estimate of drug-likeness (QED) is 0.610. The lowest BCUT2D eigenvalue weighted by Gasteiger charge is -2.02. The molecule has 0 atom stereocenters. The van der Waals surface area contributed by atoms with Gasteiger partial charge in [-0.15, -0.1) is 10.2 Å². The molecule has 5 nitrogen and oxygen atoms in total. The van der Waals surface area contributed by atoms with Gasteiger partial charge in [-0.3, -0.25) is 0 Å². The van der Waals surface area contributed by atoms with Gasteiger partial charge in [0.2, 0.25) is 14.2 Å². The molecule has 8 heteroatoms. The minimum absolute atomic E-state index is 0.00299. The van der Waals surface area contributed by atoms with Crippen molar-refractivity contribution in [2.45, 2.75) is 19.3 Å². The number of benzene rings is 2. The first-order chi connectivity index (χ1) is 11.6. The number of rotatable bonds is 6. The summed E-state index contributed by atoms with van der Waals surface area (Å²) in [4.78, 5) is 0.180. The lowest BCUT2D eigenvalue weighted by Crippen LogP contribution is -2.01. The average molecular weight is 378 g/mol. The van der Waals surface area contributed by atoms with Crippen LogP contribution in [0, 0.1) is 0 Å². The van der Waals surface area contributed by atoms with Crippen molar-refractivity contribution in [3.63, 3.8) is 0 Å². The van der Waals surface area contributed by atoms with Crippen LogP contribution < -0.4 is 4.74 Å². The zero-order valence-corrected chi connectivity index (χ0v) is 15.2. The largest absolute Gasteiger partial charge is 0.497 e. The zero-order chi connectivity index (χ0) is 17.0. The number of sulfone groups is 1. The molecule has 1 aromatic heterocycles. The summed E-state index contributed by atoms with van der Waals surface area (Å²) in [5.41, 5.74) is 1.15. The van der Waals surface area contributed by atoms with Crippen LogP contribution in [0.15, 0.2) is 68.2 Å². The Bertz CT molecular complexity index is 907. The molecule has 1 heterocycles. The topological polar surface area (TPSA) is 69.2 Å². The van der Waals surface area contributed by atoms with Crippen LogP contribution in [-0.2, 0) is 15.6 Å². The number of methoxy groups -OCH3 is 1. The van der Waals surface area contributed by atoms with Crippen LogP contribution in [-0.4, -0.2) is 25.7 Å². The van der Waals surface area contributed by atoms with E-state index in [-0.39, 0.29) is 9.24 Å². The molecule has 0 saturated heterocycles. The van der Waals surface area contributed by atoms with E-state index >= 15 is 0 Å². The molecule has 0 amide bonds. The molecule has 124 valence electrons. The van der Waals surface area contributed by atoms with E-state index in [4.69, 9.17) is 4.74 Å². The predicted molar refractivity (Wildman–Crippen MR) is 94.4 cm³/mol. The highest BCUT2D eigenvalue weighted by Gasteiger charge is 2.23. The summed E-state index contributed by atoms with van der Waals surface area (Å²) in [5, 5.41) is 7.83. The van der Waals surface area contributed by atoms with Crippen LogP contribution >= 0.6 is 23.1 Å². The van der Waals surface area contributed by atoms with Gasteiger partial charge in [-0.25, -0.2) is 8.42 Å². The molecule has 0 fully saturated rings. The third kappa shape index (κ3) is 3.77. The summed E-state index contributed by atoms with van der Waals surface area (Å²) < 4.78 is 30.8. The molecule has 0 aliphatic carbocycles. The van der Waals surface area contributed by atoms with Gasteiger partial charge in [0.25, 0.3) is 0 Å². The van der Waals surface area contributed by atoms with Gasteiger partial charge < -0.3 is 4.74 Å². The number of aromatic nitrogens is 2. The van der Waals surface area contributed by atoms with E-state index in [1.54, 1.807) is 12.1 Å². The van der Waals surface area contributed by atoms with E-state index in [1.165, 1.54) is 31.0 Å². The van der Waals surface area contributed by atoms with Crippen molar-refractivity contribution in [1.82, 2.24) is 10.2 Å². The Kier molecular flexibility index (Phi) is 5.17. The summed E-state index contributed by atoms with van der Waals surface area (Å²) in [6.07, 6.45) is 0. The summed E-state index contributed by atoms with van der Waals surface area (Å²) in [5.74, 6) is 1.32. The van der Waals surface area contributed by atoms with Crippen molar-refractivity contribution in [1.29, 1.82) is 0 Å². The molecule has 0 radical (unpaired) electrons. The molecule has 24 heavy (non-hydrogen) atoms. The van der Waals surface area contributed by atoms with Crippen LogP contribution in [0.25, 0.3) is 0 Å². The third-order valence-electron chi connectivity index (χ3n) is 3.19. The Morgan fingerprint density at radius 2 is 1.75 bits per heavy atom. The first kappa shape index (κ1) is 16.9. The Hall–Kier alpha value is -1.90. The van der Waals surface area contributed by atoms with Crippen molar-refractivity contribution in [3.05, 3.63) is 60.2 Å². The number of hydrogen-bond acceptors (Lipinski definition) is 7. The van der Waals surface area contributed by atoms with E-state index < -0.39 is 9.84 Å². The number of thioether (sulfide) groups is 1. The maximum atomic E-state index is 12.6. The van der Waals surface area contributed by atoms with Crippen molar-refractivity contribution in [3.8, 4) is 5.75 Å². The third-order valence-corrected chi connectivity index (χ3v) is 7.46. The number of nitrogens with zero attached hydrogens (tertiary/aromatic N) is 2. The Labute approximate surface area is 148 Å². The fraction of sp³-hybridized carbons (Fsp3) is 0.125. The van der Waals surface area contributed by atoms with Crippen LogP contribution in [0.5, 0.6) is 5.75 Å². The highest BCUT2D eigenvalue weighted by molar-refractivity contribution is 8.00. The first-order valence-electron chi connectivity index (χ1n) is 6.99. The Balaban J connectivity index is 1.76. The normalized spacial score (nSPS) is 11.4. The van der Waals surface area contributed by atoms with E-state index in [0.717, 1.165) is 22.7 Å². The van der Waals surface area contributed by atoms with Crippen molar-refractivity contribution in [2.75, 3.05) is 7.11 Å². The van der Waals surface area contributed by atoms with Gasteiger partial charge in [0.1, 0.15) is 5.75 Å². The monoisotopic (exact) mass is 378 g/mol. The highest BCUT2D eigenvalue weighted by atomic mass is 32.2. The molecule has 3 aromatic rings. The van der Waals surface area contributed by atoms with Crippen LogP contribution in [0.2, 0.25) is 0 Å². The molecule has 0 saturated carbocycles. The molecule has 0 bridgehead atoms. The lowest BCUT2D eigenvalue weighted by molar-refractivity contribution is 0.414. The fourth-order valence-electron chi connectivity index (χ4n) is 1.94. The summed E-state index contributed by atoms with van der Waals surface area (Å²) in [7, 11) is -2.12. The van der Waals surface area contributed by atoms with E-state index in [0.29, 0.717) is 10.1 Å². The highest BCUT2D eigenvalue weighted by Crippen LogP contribution is 2.31. The predicted octanol–water partition coefficient (Wildman–Crippen LogP) is 3.67. The molecule has 0 aliphatic rings. The van der Waals surface area contributed by atoms with Crippen LogP contribution in [0.4, 0.5) is 0 Å². The summed E-state index contributed by atoms with van der Waals surface area (Å²) >= 11 is 2.56. The van der Waals surface area contributed by atoms with Crippen molar-refractivity contribution in [2.24, 2.45) is 0 Å². The van der Waals surface area contributed by atoms with Gasteiger partial charge in [0.15, 0.2) is 4.34 Å². The molecule has 0 N–H and O–H groups in total. The lowest BCUT2D eigenvalue weighted by atomic mass is 10.2. The molecule has 3 rings (SSSR count). The Morgan fingerprint density at radius 1 is 1.04 bits per heavy atom.